The van der Waals surface area contributed by atoms with Gasteiger partial charge in [-0.15, -0.1) is 24.0 Å². The van der Waals surface area contributed by atoms with Crippen molar-refractivity contribution >= 4 is 29.9 Å². The summed E-state index contributed by atoms with van der Waals surface area (Å²) < 4.78 is 12.3. The molecule has 0 saturated carbocycles. The van der Waals surface area contributed by atoms with Gasteiger partial charge in [-0.1, -0.05) is 0 Å². The number of guanidine groups is 1. The number of aliphatic hydroxyl groups is 1. The second kappa shape index (κ2) is 11.7. The summed E-state index contributed by atoms with van der Waals surface area (Å²) in [6.07, 6.45) is 0.693. The van der Waals surface area contributed by atoms with E-state index in [2.05, 4.69) is 20.4 Å². The van der Waals surface area contributed by atoms with Crippen LogP contribution < -0.4 is 14.8 Å². The van der Waals surface area contributed by atoms with Crippen LogP contribution in [0.4, 0.5) is 0 Å². The Bertz CT molecular complexity index is 768. The topological polar surface area (TPSA) is 97.0 Å². The number of hydrogen-bond acceptors (Lipinski definition) is 6. The lowest BCUT2D eigenvalue weighted by Gasteiger charge is -2.22. The molecule has 1 aromatic heterocycles. The molecular weight excluding hydrogens is 475 g/mol. The largest absolute Gasteiger partial charge is 0.497 e. The molecule has 2 aromatic rings. The molecule has 0 fully saturated rings. The molecule has 0 radical (unpaired) electrons. The number of aliphatic hydroxyl groups excluding tert-OH is 1. The first-order valence-electron chi connectivity index (χ1n) is 8.72. The maximum atomic E-state index is 10.6. The number of rotatable bonds is 8. The van der Waals surface area contributed by atoms with Crippen LogP contribution in [0.5, 0.6) is 11.5 Å². The second-order valence-electron chi connectivity index (χ2n) is 5.97. The van der Waals surface area contributed by atoms with Crippen molar-refractivity contribution in [3.05, 3.63) is 35.9 Å². The molecule has 1 unspecified atom stereocenters. The number of hydrogen-bond donors (Lipinski definition) is 2. The van der Waals surface area contributed by atoms with Crippen LogP contribution in [0, 0.1) is 0 Å². The van der Waals surface area contributed by atoms with E-state index >= 15 is 0 Å². The summed E-state index contributed by atoms with van der Waals surface area (Å²) in [6.45, 7) is 3.42. The molecule has 0 aliphatic rings. The molecule has 10 heteroatoms. The quantitative estimate of drug-likeness (QED) is 0.320. The van der Waals surface area contributed by atoms with Gasteiger partial charge in [0.25, 0.3) is 0 Å². The minimum atomic E-state index is -0.827. The van der Waals surface area contributed by atoms with E-state index in [1.165, 1.54) is 6.33 Å². The van der Waals surface area contributed by atoms with E-state index < -0.39 is 6.10 Å². The van der Waals surface area contributed by atoms with E-state index in [0.717, 1.165) is 5.82 Å². The van der Waals surface area contributed by atoms with Gasteiger partial charge in [0.2, 0.25) is 0 Å². The fourth-order valence-electron chi connectivity index (χ4n) is 2.59. The third kappa shape index (κ3) is 6.23. The summed E-state index contributed by atoms with van der Waals surface area (Å²) in [5.41, 5.74) is 0.632. The first-order chi connectivity index (χ1) is 13.0. The lowest BCUT2D eigenvalue weighted by Crippen LogP contribution is -2.39. The number of ether oxygens (including phenoxy) is 2. The van der Waals surface area contributed by atoms with Gasteiger partial charge in [0.15, 0.2) is 5.96 Å². The molecule has 2 rings (SSSR count). The summed E-state index contributed by atoms with van der Waals surface area (Å²) in [6, 6.07) is 5.32. The molecule has 156 valence electrons. The second-order valence-corrected chi connectivity index (χ2v) is 5.97. The molecule has 0 spiro atoms. The summed E-state index contributed by atoms with van der Waals surface area (Å²) in [7, 11) is 6.91. The van der Waals surface area contributed by atoms with Crippen molar-refractivity contribution in [1.82, 2.24) is 25.0 Å². The highest BCUT2D eigenvalue weighted by Gasteiger charge is 2.16. The molecule has 28 heavy (non-hydrogen) atoms. The van der Waals surface area contributed by atoms with Crippen molar-refractivity contribution < 1.29 is 14.6 Å². The van der Waals surface area contributed by atoms with Gasteiger partial charge < -0.3 is 24.8 Å². The van der Waals surface area contributed by atoms with Gasteiger partial charge in [0.05, 0.1) is 27.3 Å². The van der Waals surface area contributed by atoms with Gasteiger partial charge >= 0.3 is 0 Å². The van der Waals surface area contributed by atoms with Crippen LogP contribution >= 0.6 is 24.0 Å². The number of halogens is 1. The highest BCUT2D eigenvalue weighted by Crippen LogP contribution is 2.29. The Morgan fingerprint density at radius 3 is 2.68 bits per heavy atom. The van der Waals surface area contributed by atoms with Crippen LogP contribution in [0.25, 0.3) is 0 Å². The van der Waals surface area contributed by atoms with Crippen LogP contribution in [0.2, 0.25) is 0 Å². The average Bonchev–Trinajstić information content (AvgIpc) is 3.08. The SMILES string of the molecule is CCNC(=NCC(O)c1cc(OC)ccc1OC)N(C)Cc1ncnn1C.I. The van der Waals surface area contributed by atoms with Gasteiger partial charge in [-0.3, -0.25) is 9.67 Å². The van der Waals surface area contributed by atoms with Gasteiger partial charge in [-0.2, -0.15) is 5.10 Å². The van der Waals surface area contributed by atoms with Crippen LogP contribution in [0.1, 0.15) is 24.4 Å². The maximum Gasteiger partial charge on any atom is 0.194 e. The monoisotopic (exact) mass is 504 g/mol. The first-order valence-corrected chi connectivity index (χ1v) is 8.72. The van der Waals surface area contributed by atoms with E-state index in [9.17, 15) is 5.11 Å². The Kier molecular flexibility index (Phi) is 10.0. The molecule has 1 heterocycles. The average molecular weight is 504 g/mol. The van der Waals surface area contributed by atoms with Crippen molar-refractivity contribution in [1.29, 1.82) is 0 Å². The maximum absolute atomic E-state index is 10.6. The zero-order valence-electron chi connectivity index (χ0n) is 16.9. The van der Waals surface area contributed by atoms with E-state index in [0.29, 0.717) is 36.1 Å². The number of aromatic nitrogens is 3. The lowest BCUT2D eigenvalue weighted by atomic mass is 10.1. The van der Waals surface area contributed by atoms with Crippen LogP contribution in [0.3, 0.4) is 0 Å². The molecule has 0 aliphatic heterocycles. The van der Waals surface area contributed by atoms with Crippen LogP contribution in [0.15, 0.2) is 29.5 Å². The molecule has 1 atom stereocenters. The normalized spacial score (nSPS) is 12.1. The highest BCUT2D eigenvalue weighted by molar-refractivity contribution is 14.0. The number of benzene rings is 1. The molecule has 0 bridgehead atoms. The van der Waals surface area contributed by atoms with Crippen molar-refractivity contribution in [2.45, 2.75) is 19.6 Å². The van der Waals surface area contributed by atoms with E-state index in [-0.39, 0.29) is 30.5 Å². The Balaban J connectivity index is 0.00000392. The Morgan fingerprint density at radius 2 is 2.11 bits per heavy atom. The van der Waals surface area contributed by atoms with E-state index in [4.69, 9.17) is 9.47 Å². The summed E-state index contributed by atoms with van der Waals surface area (Å²) in [5.74, 6) is 2.73. The number of nitrogens with one attached hydrogen (secondary N) is 1. The molecule has 1 aromatic carbocycles. The Labute approximate surface area is 182 Å². The predicted molar refractivity (Wildman–Crippen MR) is 118 cm³/mol. The number of aliphatic imine (C=N–C) groups is 1. The zero-order chi connectivity index (χ0) is 19.8. The summed E-state index contributed by atoms with van der Waals surface area (Å²) in [4.78, 5) is 10.7. The van der Waals surface area contributed by atoms with Crippen LogP contribution in [-0.4, -0.2) is 65.1 Å². The molecular formula is C18H29IN6O3. The fourth-order valence-corrected chi connectivity index (χ4v) is 2.59. The predicted octanol–water partition coefficient (Wildman–Crippen LogP) is 1.58. The first kappa shape index (κ1) is 24.0. The number of nitrogens with zero attached hydrogens (tertiary/aromatic N) is 5. The molecule has 0 amide bonds. The lowest BCUT2D eigenvalue weighted by molar-refractivity contribution is 0.181. The van der Waals surface area contributed by atoms with Gasteiger partial charge in [0, 0.05) is 26.2 Å². The van der Waals surface area contributed by atoms with Gasteiger partial charge in [-0.05, 0) is 25.1 Å². The van der Waals surface area contributed by atoms with E-state index in [1.807, 2.05) is 25.9 Å². The van der Waals surface area contributed by atoms with Gasteiger partial charge in [0.1, 0.15) is 29.8 Å². The molecule has 0 saturated heterocycles. The van der Waals surface area contributed by atoms with Crippen molar-refractivity contribution in [3.63, 3.8) is 0 Å². The number of methoxy groups -OCH3 is 2. The minimum absolute atomic E-state index is 0. The van der Waals surface area contributed by atoms with Crippen molar-refractivity contribution in [3.8, 4) is 11.5 Å². The van der Waals surface area contributed by atoms with Gasteiger partial charge in [-0.25, -0.2) is 4.98 Å². The molecule has 2 N–H and O–H groups in total. The van der Waals surface area contributed by atoms with Crippen LogP contribution in [-0.2, 0) is 13.6 Å². The molecule has 9 nitrogen and oxygen atoms in total. The van der Waals surface area contributed by atoms with E-state index in [1.54, 1.807) is 37.1 Å². The molecule has 0 aliphatic carbocycles. The fraction of sp³-hybridized carbons (Fsp3) is 0.500. The highest BCUT2D eigenvalue weighted by atomic mass is 127. The standard InChI is InChI=1S/C18H28N6O3.HI/c1-6-19-18(23(2)11-17-21-12-22-24(17)3)20-10-15(25)14-9-13(26-4)7-8-16(14)27-5;/h7-9,12,15,25H,6,10-11H2,1-5H3,(H,19,20);1H. The summed E-state index contributed by atoms with van der Waals surface area (Å²) in [5, 5.41) is 17.9. The third-order valence-electron chi connectivity index (χ3n) is 4.09. The van der Waals surface area contributed by atoms with Crippen molar-refractivity contribution in [2.75, 3.05) is 34.4 Å². The summed E-state index contributed by atoms with van der Waals surface area (Å²) >= 11 is 0. The number of aryl methyl sites for hydroxylation is 1. The smallest absolute Gasteiger partial charge is 0.194 e. The van der Waals surface area contributed by atoms with Crippen molar-refractivity contribution in [2.24, 2.45) is 12.0 Å². The third-order valence-corrected chi connectivity index (χ3v) is 4.09. The Morgan fingerprint density at radius 1 is 1.36 bits per heavy atom. The zero-order valence-corrected chi connectivity index (χ0v) is 19.2. The Hall–Kier alpha value is -2.08. The minimum Gasteiger partial charge on any atom is -0.497 e.